The molecule has 0 saturated carbocycles. The van der Waals surface area contributed by atoms with Gasteiger partial charge in [-0.3, -0.25) is 5.41 Å². The Kier molecular flexibility index (Phi) is 3.57. The predicted octanol–water partition coefficient (Wildman–Crippen LogP) is 3.06. The summed E-state index contributed by atoms with van der Waals surface area (Å²) >= 11 is 3.25. The SMILES string of the molecule is N=C(N)c1cccnc1Oc1cc(F)ccc1Br. The Morgan fingerprint density at radius 1 is 1.39 bits per heavy atom. The fourth-order valence-corrected chi connectivity index (χ4v) is 1.66. The summed E-state index contributed by atoms with van der Waals surface area (Å²) in [7, 11) is 0. The molecule has 0 aliphatic carbocycles. The molecule has 4 nitrogen and oxygen atoms in total. The first-order valence-electron chi connectivity index (χ1n) is 5.00. The van der Waals surface area contributed by atoms with Gasteiger partial charge < -0.3 is 10.5 Å². The molecule has 3 N–H and O–H groups in total. The molecule has 0 radical (unpaired) electrons. The third-order valence-electron chi connectivity index (χ3n) is 2.16. The first kappa shape index (κ1) is 12.5. The highest BCUT2D eigenvalue weighted by molar-refractivity contribution is 9.10. The van der Waals surface area contributed by atoms with Gasteiger partial charge in [0.05, 0.1) is 10.0 Å². The van der Waals surface area contributed by atoms with E-state index >= 15 is 0 Å². The van der Waals surface area contributed by atoms with E-state index in [1.54, 1.807) is 12.1 Å². The zero-order valence-electron chi connectivity index (χ0n) is 9.15. The Hall–Kier alpha value is -1.95. The van der Waals surface area contributed by atoms with Crippen molar-refractivity contribution in [2.75, 3.05) is 0 Å². The molecule has 2 aromatic rings. The molecular formula is C12H9BrFN3O. The molecule has 0 atom stereocenters. The number of aromatic nitrogens is 1. The molecule has 0 spiro atoms. The van der Waals surface area contributed by atoms with E-state index in [0.717, 1.165) is 0 Å². The topological polar surface area (TPSA) is 72.0 Å². The molecule has 18 heavy (non-hydrogen) atoms. The Morgan fingerprint density at radius 3 is 2.89 bits per heavy atom. The first-order chi connectivity index (χ1) is 8.58. The molecule has 1 aromatic carbocycles. The summed E-state index contributed by atoms with van der Waals surface area (Å²) in [5.41, 5.74) is 5.77. The number of amidine groups is 1. The lowest BCUT2D eigenvalue weighted by Crippen LogP contribution is -2.12. The molecule has 1 aromatic heterocycles. The van der Waals surface area contributed by atoms with Gasteiger partial charge in [-0.25, -0.2) is 9.37 Å². The molecule has 92 valence electrons. The Balaban J connectivity index is 2.40. The van der Waals surface area contributed by atoms with Gasteiger partial charge in [-0.1, -0.05) is 0 Å². The Morgan fingerprint density at radius 2 is 2.17 bits per heavy atom. The number of ether oxygens (including phenoxy) is 1. The second kappa shape index (κ2) is 5.14. The predicted molar refractivity (Wildman–Crippen MR) is 69.4 cm³/mol. The summed E-state index contributed by atoms with van der Waals surface area (Å²) < 4.78 is 19.2. The summed E-state index contributed by atoms with van der Waals surface area (Å²) in [6.07, 6.45) is 1.51. The van der Waals surface area contributed by atoms with Crippen LogP contribution in [0.2, 0.25) is 0 Å². The van der Waals surface area contributed by atoms with Crippen LogP contribution >= 0.6 is 15.9 Å². The first-order valence-corrected chi connectivity index (χ1v) is 5.79. The molecule has 6 heteroatoms. The average molecular weight is 310 g/mol. The summed E-state index contributed by atoms with van der Waals surface area (Å²) in [6.45, 7) is 0. The molecule has 1 heterocycles. The summed E-state index contributed by atoms with van der Waals surface area (Å²) in [6, 6.07) is 7.31. The van der Waals surface area contributed by atoms with Crippen molar-refractivity contribution >= 4 is 21.8 Å². The minimum absolute atomic E-state index is 0.161. The second-order valence-corrected chi connectivity index (χ2v) is 4.30. The van der Waals surface area contributed by atoms with Crippen LogP contribution in [0.15, 0.2) is 41.0 Å². The standard InChI is InChI=1S/C12H9BrFN3O/c13-9-4-3-7(14)6-10(9)18-12-8(11(15)16)2-1-5-17-12/h1-6H,(H3,15,16). The van der Waals surface area contributed by atoms with Gasteiger partial charge in [0.2, 0.25) is 5.88 Å². The molecule has 0 aliphatic rings. The maximum absolute atomic E-state index is 13.1. The molecule has 0 amide bonds. The van der Waals surface area contributed by atoms with Gasteiger partial charge in [0, 0.05) is 12.3 Å². The van der Waals surface area contributed by atoms with Crippen molar-refractivity contribution in [2.24, 2.45) is 5.73 Å². The van der Waals surface area contributed by atoms with Crippen LogP contribution in [0.4, 0.5) is 4.39 Å². The molecule has 0 unspecified atom stereocenters. The Bertz CT molecular complexity index is 604. The molecule has 0 aliphatic heterocycles. The van der Waals surface area contributed by atoms with Crippen molar-refractivity contribution in [1.82, 2.24) is 4.98 Å². The van der Waals surface area contributed by atoms with E-state index in [9.17, 15) is 4.39 Å². The largest absolute Gasteiger partial charge is 0.437 e. The number of hydrogen-bond acceptors (Lipinski definition) is 3. The van der Waals surface area contributed by atoms with E-state index in [4.69, 9.17) is 15.9 Å². The lowest BCUT2D eigenvalue weighted by molar-refractivity contribution is 0.454. The van der Waals surface area contributed by atoms with Crippen LogP contribution in [0.3, 0.4) is 0 Å². The van der Waals surface area contributed by atoms with Crippen LogP contribution in [-0.4, -0.2) is 10.8 Å². The Labute approximate surface area is 111 Å². The molecule has 0 fully saturated rings. The highest BCUT2D eigenvalue weighted by Gasteiger charge is 2.11. The monoisotopic (exact) mass is 309 g/mol. The number of nitrogen functional groups attached to an aromatic ring is 1. The van der Waals surface area contributed by atoms with E-state index in [1.807, 2.05) is 0 Å². The van der Waals surface area contributed by atoms with Gasteiger partial charge in [-0.15, -0.1) is 0 Å². The third kappa shape index (κ3) is 2.65. The van der Waals surface area contributed by atoms with Crippen LogP contribution in [0.5, 0.6) is 11.6 Å². The fraction of sp³-hybridized carbons (Fsp3) is 0. The summed E-state index contributed by atoms with van der Waals surface area (Å²) in [5, 5.41) is 7.41. The zero-order valence-corrected chi connectivity index (χ0v) is 10.7. The zero-order chi connectivity index (χ0) is 13.1. The minimum atomic E-state index is -0.423. The lowest BCUT2D eigenvalue weighted by Gasteiger charge is -2.10. The van der Waals surface area contributed by atoms with Crippen molar-refractivity contribution in [2.45, 2.75) is 0 Å². The fourth-order valence-electron chi connectivity index (χ4n) is 1.34. The number of nitrogens with zero attached hydrogens (tertiary/aromatic N) is 1. The normalized spacial score (nSPS) is 10.1. The molecule has 2 rings (SSSR count). The van der Waals surface area contributed by atoms with Crippen molar-refractivity contribution < 1.29 is 9.13 Å². The van der Waals surface area contributed by atoms with Crippen molar-refractivity contribution in [3.63, 3.8) is 0 Å². The molecule has 0 saturated heterocycles. The second-order valence-electron chi connectivity index (χ2n) is 3.45. The van der Waals surface area contributed by atoms with Gasteiger partial charge in [0.15, 0.2) is 0 Å². The summed E-state index contributed by atoms with van der Waals surface area (Å²) in [4.78, 5) is 3.98. The van der Waals surface area contributed by atoms with Gasteiger partial charge in [-0.05, 0) is 40.2 Å². The van der Waals surface area contributed by atoms with Crippen LogP contribution in [-0.2, 0) is 0 Å². The number of pyridine rings is 1. The average Bonchev–Trinajstić information content (AvgIpc) is 2.34. The van der Waals surface area contributed by atoms with Crippen LogP contribution in [0.1, 0.15) is 5.56 Å². The van der Waals surface area contributed by atoms with E-state index < -0.39 is 5.82 Å². The maximum Gasteiger partial charge on any atom is 0.230 e. The number of hydrogen-bond donors (Lipinski definition) is 2. The minimum Gasteiger partial charge on any atom is -0.437 e. The molecular weight excluding hydrogens is 301 g/mol. The van der Waals surface area contributed by atoms with Crippen LogP contribution in [0.25, 0.3) is 0 Å². The van der Waals surface area contributed by atoms with Crippen LogP contribution in [0, 0.1) is 11.2 Å². The van der Waals surface area contributed by atoms with Gasteiger partial charge in [-0.2, -0.15) is 0 Å². The maximum atomic E-state index is 13.1. The van der Waals surface area contributed by atoms with E-state index in [-0.39, 0.29) is 17.5 Å². The quantitative estimate of drug-likeness (QED) is 0.676. The van der Waals surface area contributed by atoms with E-state index in [2.05, 4.69) is 20.9 Å². The lowest BCUT2D eigenvalue weighted by atomic mass is 10.2. The smallest absolute Gasteiger partial charge is 0.230 e. The van der Waals surface area contributed by atoms with E-state index in [1.165, 1.54) is 24.4 Å². The number of benzene rings is 1. The number of halogens is 2. The van der Waals surface area contributed by atoms with Gasteiger partial charge in [0.1, 0.15) is 17.4 Å². The van der Waals surface area contributed by atoms with Crippen molar-refractivity contribution in [3.8, 4) is 11.6 Å². The molecule has 0 bridgehead atoms. The highest BCUT2D eigenvalue weighted by Crippen LogP contribution is 2.30. The van der Waals surface area contributed by atoms with E-state index in [0.29, 0.717) is 10.0 Å². The number of nitrogens with two attached hydrogens (primary N) is 1. The van der Waals surface area contributed by atoms with Gasteiger partial charge >= 0.3 is 0 Å². The van der Waals surface area contributed by atoms with Crippen molar-refractivity contribution in [3.05, 3.63) is 52.4 Å². The number of nitrogens with one attached hydrogen (secondary N) is 1. The van der Waals surface area contributed by atoms with Gasteiger partial charge in [0.25, 0.3) is 0 Å². The van der Waals surface area contributed by atoms with Crippen molar-refractivity contribution in [1.29, 1.82) is 5.41 Å². The summed E-state index contributed by atoms with van der Waals surface area (Å²) in [5.74, 6) is -0.147. The highest BCUT2D eigenvalue weighted by atomic mass is 79.9. The number of rotatable bonds is 3. The third-order valence-corrected chi connectivity index (χ3v) is 2.82. The van der Waals surface area contributed by atoms with Crippen LogP contribution < -0.4 is 10.5 Å².